The Morgan fingerprint density at radius 3 is 2.72 bits per heavy atom. The number of amides is 1. The fourth-order valence-electron chi connectivity index (χ4n) is 1.22. The molecular weight excluding hydrogens is 258 g/mol. The van der Waals surface area contributed by atoms with E-state index < -0.39 is 5.97 Å². The molecule has 0 aromatic carbocycles. The number of esters is 1. The van der Waals surface area contributed by atoms with Gasteiger partial charge in [0.15, 0.2) is 0 Å². The van der Waals surface area contributed by atoms with Crippen molar-refractivity contribution >= 4 is 29.4 Å². The van der Waals surface area contributed by atoms with Crippen LogP contribution in [-0.4, -0.2) is 28.5 Å². The summed E-state index contributed by atoms with van der Waals surface area (Å²) in [5.74, 6) is -0.630. The standard InChI is InChI=1S/C11H14ClN3O3/c1-3-18-10(17)5-4-9(16)15-11-13-7(2)6-8(12)14-11/h6H,3-5H2,1-2H3,(H,13,14,15,16). The summed E-state index contributed by atoms with van der Waals surface area (Å²) in [6, 6.07) is 1.58. The highest BCUT2D eigenvalue weighted by molar-refractivity contribution is 6.29. The van der Waals surface area contributed by atoms with Gasteiger partial charge in [0.2, 0.25) is 11.9 Å². The van der Waals surface area contributed by atoms with Gasteiger partial charge in [0.1, 0.15) is 5.15 Å². The van der Waals surface area contributed by atoms with Crippen molar-refractivity contribution in [3.63, 3.8) is 0 Å². The first-order valence-electron chi connectivity index (χ1n) is 5.48. The van der Waals surface area contributed by atoms with Crippen LogP contribution >= 0.6 is 11.6 Å². The third-order valence-electron chi connectivity index (χ3n) is 1.94. The summed E-state index contributed by atoms with van der Waals surface area (Å²) < 4.78 is 4.71. The lowest BCUT2D eigenvalue weighted by Gasteiger charge is -2.04. The van der Waals surface area contributed by atoms with Crippen molar-refractivity contribution < 1.29 is 14.3 Å². The minimum Gasteiger partial charge on any atom is -0.466 e. The van der Waals surface area contributed by atoms with Crippen LogP contribution in [0.3, 0.4) is 0 Å². The van der Waals surface area contributed by atoms with Gasteiger partial charge in [-0.15, -0.1) is 0 Å². The van der Waals surface area contributed by atoms with Gasteiger partial charge in [0.05, 0.1) is 13.0 Å². The maximum absolute atomic E-state index is 11.5. The number of ether oxygens (including phenoxy) is 1. The van der Waals surface area contributed by atoms with E-state index in [-0.39, 0.29) is 29.9 Å². The number of rotatable bonds is 5. The number of nitrogens with zero attached hydrogens (tertiary/aromatic N) is 2. The summed E-state index contributed by atoms with van der Waals surface area (Å²) in [7, 11) is 0. The van der Waals surface area contributed by atoms with Crippen LogP contribution in [0.4, 0.5) is 5.95 Å². The predicted molar refractivity (Wildman–Crippen MR) is 66.3 cm³/mol. The van der Waals surface area contributed by atoms with Crippen molar-refractivity contribution in [1.29, 1.82) is 0 Å². The Morgan fingerprint density at radius 1 is 1.39 bits per heavy atom. The Morgan fingerprint density at radius 2 is 2.11 bits per heavy atom. The van der Waals surface area contributed by atoms with Gasteiger partial charge < -0.3 is 4.74 Å². The van der Waals surface area contributed by atoms with Crippen LogP contribution < -0.4 is 5.32 Å². The molecule has 0 saturated carbocycles. The van der Waals surface area contributed by atoms with Crippen LogP contribution in [0.2, 0.25) is 5.15 Å². The zero-order valence-corrected chi connectivity index (χ0v) is 11.0. The second kappa shape index (κ2) is 6.90. The van der Waals surface area contributed by atoms with Crippen LogP contribution in [0.25, 0.3) is 0 Å². The van der Waals surface area contributed by atoms with E-state index in [1.54, 1.807) is 19.9 Å². The van der Waals surface area contributed by atoms with E-state index in [1.807, 2.05) is 0 Å². The molecule has 1 aromatic rings. The average molecular weight is 272 g/mol. The van der Waals surface area contributed by atoms with Crippen molar-refractivity contribution in [3.05, 3.63) is 16.9 Å². The lowest BCUT2D eigenvalue weighted by atomic mass is 10.3. The summed E-state index contributed by atoms with van der Waals surface area (Å²) in [6.45, 7) is 3.75. The molecule has 1 amide bonds. The molecule has 7 heteroatoms. The van der Waals surface area contributed by atoms with E-state index in [2.05, 4.69) is 15.3 Å². The molecule has 0 fully saturated rings. The topological polar surface area (TPSA) is 81.2 Å². The number of hydrogen-bond donors (Lipinski definition) is 1. The molecule has 1 aromatic heterocycles. The number of carbonyl (C=O) groups is 2. The number of aryl methyl sites for hydroxylation is 1. The van der Waals surface area contributed by atoms with Crippen molar-refractivity contribution in [2.45, 2.75) is 26.7 Å². The molecule has 0 saturated heterocycles. The molecule has 0 aliphatic carbocycles. The number of hydrogen-bond acceptors (Lipinski definition) is 5. The number of aromatic nitrogens is 2. The van der Waals surface area contributed by atoms with Crippen LogP contribution in [0.1, 0.15) is 25.5 Å². The molecule has 0 atom stereocenters. The molecular formula is C11H14ClN3O3. The molecule has 1 N–H and O–H groups in total. The van der Waals surface area contributed by atoms with E-state index in [9.17, 15) is 9.59 Å². The lowest BCUT2D eigenvalue weighted by molar-refractivity contribution is -0.144. The highest BCUT2D eigenvalue weighted by Gasteiger charge is 2.09. The van der Waals surface area contributed by atoms with Gasteiger partial charge >= 0.3 is 5.97 Å². The summed E-state index contributed by atoms with van der Waals surface area (Å²) in [4.78, 5) is 30.4. The van der Waals surface area contributed by atoms with Crippen LogP contribution in [0, 0.1) is 6.92 Å². The fraction of sp³-hybridized carbons (Fsp3) is 0.455. The van der Waals surface area contributed by atoms with Gasteiger partial charge in [-0.25, -0.2) is 9.97 Å². The first kappa shape index (κ1) is 14.4. The Hall–Kier alpha value is -1.69. The molecule has 98 valence electrons. The zero-order valence-electron chi connectivity index (χ0n) is 10.2. The molecule has 18 heavy (non-hydrogen) atoms. The first-order valence-corrected chi connectivity index (χ1v) is 5.85. The van der Waals surface area contributed by atoms with Gasteiger partial charge in [-0.3, -0.25) is 14.9 Å². The second-order valence-corrected chi connectivity index (χ2v) is 3.90. The van der Waals surface area contributed by atoms with E-state index in [0.29, 0.717) is 12.3 Å². The third kappa shape index (κ3) is 5.09. The van der Waals surface area contributed by atoms with Crippen molar-refractivity contribution in [2.24, 2.45) is 0 Å². The Labute approximate surface area is 110 Å². The SMILES string of the molecule is CCOC(=O)CCC(=O)Nc1nc(C)cc(Cl)n1. The molecule has 1 rings (SSSR count). The number of nitrogens with one attached hydrogen (secondary N) is 1. The van der Waals surface area contributed by atoms with E-state index in [4.69, 9.17) is 16.3 Å². The van der Waals surface area contributed by atoms with Crippen LogP contribution in [0.5, 0.6) is 0 Å². The highest BCUT2D eigenvalue weighted by Crippen LogP contribution is 2.10. The molecule has 0 bridgehead atoms. The number of halogens is 1. The smallest absolute Gasteiger partial charge is 0.306 e. The Kier molecular flexibility index (Phi) is 5.51. The first-order chi connectivity index (χ1) is 8.51. The molecule has 0 unspecified atom stereocenters. The highest BCUT2D eigenvalue weighted by atomic mass is 35.5. The summed E-state index contributed by atoms with van der Waals surface area (Å²) in [6.07, 6.45) is 0.0486. The molecule has 1 heterocycles. The van der Waals surface area contributed by atoms with E-state index in [0.717, 1.165) is 0 Å². The lowest BCUT2D eigenvalue weighted by Crippen LogP contribution is -2.16. The summed E-state index contributed by atoms with van der Waals surface area (Å²) in [5, 5.41) is 2.72. The van der Waals surface area contributed by atoms with Gasteiger partial charge in [-0.2, -0.15) is 0 Å². The Bertz CT molecular complexity index is 431. The van der Waals surface area contributed by atoms with Crippen molar-refractivity contribution in [3.8, 4) is 0 Å². The molecule has 0 spiro atoms. The monoisotopic (exact) mass is 271 g/mol. The van der Waals surface area contributed by atoms with Crippen LogP contribution in [0.15, 0.2) is 6.07 Å². The Balaban J connectivity index is 2.47. The fourth-order valence-corrected chi connectivity index (χ4v) is 1.46. The normalized spacial score (nSPS) is 9.94. The average Bonchev–Trinajstić information content (AvgIpc) is 2.25. The summed E-state index contributed by atoms with van der Waals surface area (Å²) in [5.41, 5.74) is 0.649. The number of carbonyl (C=O) groups excluding carboxylic acids is 2. The zero-order chi connectivity index (χ0) is 13.5. The van der Waals surface area contributed by atoms with Crippen molar-refractivity contribution in [1.82, 2.24) is 9.97 Å². The number of anilines is 1. The van der Waals surface area contributed by atoms with Gasteiger partial charge in [-0.05, 0) is 19.9 Å². The van der Waals surface area contributed by atoms with Crippen LogP contribution in [-0.2, 0) is 14.3 Å². The minimum absolute atomic E-state index is 0.0216. The predicted octanol–water partition coefficient (Wildman–Crippen LogP) is 1.72. The van der Waals surface area contributed by atoms with Gasteiger partial charge in [0, 0.05) is 12.1 Å². The maximum atomic E-state index is 11.5. The van der Waals surface area contributed by atoms with E-state index in [1.165, 1.54) is 0 Å². The second-order valence-electron chi connectivity index (χ2n) is 3.51. The van der Waals surface area contributed by atoms with Gasteiger partial charge in [-0.1, -0.05) is 11.6 Å². The minimum atomic E-state index is -0.407. The third-order valence-corrected chi connectivity index (χ3v) is 2.13. The molecule has 0 radical (unpaired) electrons. The quantitative estimate of drug-likeness (QED) is 0.651. The molecule has 6 nitrogen and oxygen atoms in total. The van der Waals surface area contributed by atoms with E-state index >= 15 is 0 Å². The molecule has 0 aliphatic heterocycles. The molecule has 0 aliphatic rings. The largest absolute Gasteiger partial charge is 0.466 e. The van der Waals surface area contributed by atoms with Gasteiger partial charge in [0.25, 0.3) is 0 Å². The summed E-state index contributed by atoms with van der Waals surface area (Å²) >= 11 is 5.73. The maximum Gasteiger partial charge on any atom is 0.306 e. The van der Waals surface area contributed by atoms with Crippen molar-refractivity contribution in [2.75, 3.05) is 11.9 Å².